The average Bonchev–Trinajstić information content (AvgIpc) is 3.42. The largest absolute Gasteiger partial charge is 0.507 e. The smallest absolute Gasteiger partial charge is 0.262 e. The number of unbranched alkanes of at least 4 members (excludes halogenated alkanes) is 7. The SMILES string of the molecule is Nc1nnc(-c2ccccc2O)cc1N1CCN(CCNC(=O)CCCCCCCCCCNc2ccc3c(c2)C(=O)N(C2CCC(=O)NC2=O)C3=O)CC1. The van der Waals surface area contributed by atoms with Gasteiger partial charge >= 0.3 is 0 Å². The van der Waals surface area contributed by atoms with Crippen molar-refractivity contribution >= 4 is 46.7 Å². The quantitative estimate of drug-likeness (QED) is 0.0933. The van der Waals surface area contributed by atoms with Gasteiger partial charge in [-0.05, 0) is 55.7 Å². The molecule has 15 nitrogen and oxygen atoms in total. The molecule has 292 valence electrons. The number of nitrogens with one attached hydrogen (secondary N) is 3. The van der Waals surface area contributed by atoms with Crippen molar-refractivity contribution in [2.24, 2.45) is 0 Å². The van der Waals surface area contributed by atoms with Crippen molar-refractivity contribution in [2.75, 3.05) is 61.8 Å². The molecule has 0 spiro atoms. The van der Waals surface area contributed by atoms with Gasteiger partial charge in [0.2, 0.25) is 17.7 Å². The zero-order valence-corrected chi connectivity index (χ0v) is 31.2. The van der Waals surface area contributed by atoms with Gasteiger partial charge in [-0.15, -0.1) is 10.2 Å². The number of amides is 5. The Balaban J connectivity index is 0.770. The zero-order chi connectivity index (χ0) is 38.7. The van der Waals surface area contributed by atoms with Gasteiger partial charge < -0.3 is 26.4 Å². The van der Waals surface area contributed by atoms with E-state index < -0.39 is 29.7 Å². The van der Waals surface area contributed by atoms with Crippen LogP contribution in [-0.4, -0.2) is 106 Å². The third-order valence-electron chi connectivity index (χ3n) is 10.5. The van der Waals surface area contributed by atoms with Crippen LogP contribution in [0.5, 0.6) is 5.75 Å². The van der Waals surface area contributed by atoms with Crippen LogP contribution in [0.1, 0.15) is 91.3 Å². The number of carbonyl (C=O) groups is 5. The zero-order valence-electron chi connectivity index (χ0n) is 31.2. The first-order valence-electron chi connectivity index (χ1n) is 19.4. The van der Waals surface area contributed by atoms with Crippen LogP contribution in [0.2, 0.25) is 0 Å². The molecular formula is C40H51N9O6. The molecule has 6 N–H and O–H groups in total. The van der Waals surface area contributed by atoms with Gasteiger partial charge in [0, 0.05) is 69.9 Å². The summed E-state index contributed by atoms with van der Waals surface area (Å²) in [5.74, 6) is -1.40. The lowest BCUT2D eigenvalue weighted by molar-refractivity contribution is -0.136. The van der Waals surface area contributed by atoms with Crippen molar-refractivity contribution < 1.29 is 29.1 Å². The van der Waals surface area contributed by atoms with E-state index in [0.29, 0.717) is 30.0 Å². The Bertz CT molecular complexity index is 1880. The first kappa shape index (κ1) is 39.1. The van der Waals surface area contributed by atoms with Gasteiger partial charge in [-0.2, -0.15) is 0 Å². The second-order valence-corrected chi connectivity index (χ2v) is 14.4. The Morgan fingerprint density at radius 2 is 1.53 bits per heavy atom. The van der Waals surface area contributed by atoms with Gasteiger partial charge in [-0.25, -0.2) is 0 Å². The van der Waals surface area contributed by atoms with Crippen molar-refractivity contribution in [3.8, 4) is 17.0 Å². The molecule has 4 heterocycles. The number of aromatic hydroxyl groups is 1. The van der Waals surface area contributed by atoms with Crippen molar-refractivity contribution in [2.45, 2.75) is 76.7 Å². The molecule has 0 radical (unpaired) electrons. The van der Waals surface area contributed by atoms with Crippen LogP contribution in [0.3, 0.4) is 0 Å². The summed E-state index contributed by atoms with van der Waals surface area (Å²) in [4.78, 5) is 67.6. The fraction of sp³-hybridized carbons (Fsp3) is 0.475. The highest BCUT2D eigenvalue weighted by Crippen LogP contribution is 2.32. The average molecular weight is 754 g/mol. The van der Waals surface area contributed by atoms with E-state index in [1.54, 1.807) is 36.4 Å². The van der Waals surface area contributed by atoms with Crippen molar-refractivity contribution in [1.82, 2.24) is 30.6 Å². The number of piperidine rings is 1. The molecule has 55 heavy (non-hydrogen) atoms. The minimum absolute atomic E-state index is 0.0914. The molecule has 15 heteroatoms. The van der Waals surface area contributed by atoms with Crippen molar-refractivity contribution in [1.29, 1.82) is 0 Å². The number of nitrogen functional groups attached to an aromatic ring is 1. The number of hydrogen-bond acceptors (Lipinski definition) is 12. The maximum absolute atomic E-state index is 13.0. The van der Waals surface area contributed by atoms with Gasteiger partial charge in [-0.3, -0.25) is 39.1 Å². The molecule has 2 aromatic carbocycles. The summed E-state index contributed by atoms with van der Waals surface area (Å²) >= 11 is 0. The van der Waals surface area contributed by atoms with Crippen LogP contribution < -0.4 is 26.6 Å². The summed E-state index contributed by atoms with van der Waals surface area (Å²) in [5.41, 5.74) is 9.47. The summed E-state index contributed by atoms with van der Waals surface area (Å²) in [6.45, 7) is 5.39. The Kier molecular flexibility index (Phi) is 13.3. The number of aromatic nitrogens is 2. The minimum atomic E-state index is -0.968. The second kappa shape index (κ2) is 18.7. The number of anilines is 3. The van der Waals surface area contributed by atoms with Crippen LogP contribution in [0.15, 0.2) is 48.5 Å². The van der Waals surface area contributed by atoms with Gasteiger partial charge in [0.1, 0.15) is 11.8 Å². The minimum Gasteiger partial charge on any atom is -0.507 e. The van der Waals surface area contributed by atoms with E-state index in [2.05, 4.69) is 35.9 Å². The predicted molar refractivity (Wildman–Crippen MR) is 208 cm³/mol. The molecule has 0 aliphatic carbocycles. The maximum atomic E-state index is 13.0. The molecule has 0 saturated carbocycles. The van der Waals surface area contributed by atoms with Crippen LogP contribution >= 0.6 is 0 Å². The summed E-state index contributed by atoms with van der Waals surface area (Å²) in [6, 6.07) is 13.0. The lowest BCUT2D eigenvalue weighted by Gasteiger charge is -2.36. The maximum Gasteiger partial charge on any atom is 0.262 e. The van der Waals surface area contributed by atoms with Crippen molar-refractivity contribution in [3.63, 3.8) is 0 Å². The van der Waals surface area contributed by atoms with E-state index in [0.717, 1.165) is 107 Å². The lowest BCUT2D eigenvalue weighted by atomic mass is 10.0. The van der Waals surface area contributed by atoms with Gasteiger partial charge in [0.25, 0.3) is 11.8 Å². The van der Waals surface area contributed by atoms with E-state index in [9.17, 15) is 29.1 Å². The fourth-order valence-electron chi connectivity index (χ4n) is 7.41. The topological polar surface area (TPSA) is 203 Å². The summed E-state index contributed by atoms with van der Waals surface area (Å²) in [7, 11) is 0. The van der Waals surface area contributed by atoms with E-state index in [1.807, 2.05) is 12.1 Å². The monoisotopic (exact) mass is 753 g/mol. The number of phenolic OH excluding ortho intramolecular Hbond substituents is 1. The molecular weight excluding hydrogens is 702 g/mol. The number of fused-ring (bicyclic) bond motifs is 1. The van der Waals surface area contributed by atoms with Gasteiger partial charge in [0.05, 0.1) is 22.5 Å². The number of nitrogens with zero attached hydrogens (tertiary/aromatic N) is 5. The predicted octanol–water partition coefficient (Wildman–Crippen LogP) is 3.69. The molecule has 1 atom stereocenters. The number of carbonyl (C=O) groups excluding carboxylic acids is 5. The number of hydrogen-bond donors (Lipinski definition) is 5. The summed E-state index contributed by atoms with van der Waals surface area (Å²) in [6.07, 6.45) is 9.27. The molecule has 6 rings (SSSR count). The third-order valence-corrected chi connectivity index (χ3v) is 10.5. The number of para-hydroxylation sites is 1. The number of benzene rings is 2. The van der Waals surface area contributed by atoms with Crippen LogP contribution in [-0.2, 0) is 14.4 Å². The molecule has 1 aromatic heterocycles. The Hall–Kier alpha value is -5.57. The first-order chi connectivity index (χ1) is 26.7. The number of imide groups is 2. The standard InChI is InChI=1S/C40H51N9O6/c41-37-33(26-31(45-46-37)29-11-8-9-12-34(29)50)48-23-21-47(22-24-48)20-19-43-35(51)13-7-5-3-1-2-4-6-10-18-42-27-14-15-28-30(25-27)40(55)49(39(28)54)32-16-17-36(52)44-38(32)53/h8-9,11-12,14-15,25-26,32,42,50H,1-7,10,13,16-24H2,(H2,41,46)(H,43,51)(H,44,52,53). The Labute approximate surface area is 321 Å². The molecule has 1 unspecified atom stereocenters. The van der Waals surface area contributed by atoms with E-state index >= 15 is 0 Å². The summed E-state index contributed by atoms with van der Waals surface area (Å²) < 4.78 is 0. The van der Waals surface area contributed by atoms with Gasteiger partial charge in [0.15, 0.2) is 5.82 Å². The lowest BCUT2D eigenvalue weighted by Crippen LogP contribution is -2.54. The molecule has 3 aliphatic rings. The van der Waals surface area contributed by atoms with Crippen LogP contribution in [0, 0.1) is 0 Å². The molecule has 2 saturated heterocycles. The number of rotatable bonds is 18. The normalized spacial score (nSPS) is 17.3. The highest BCUT2D eigenvalue weighted by atomic mass is 16.3. The van der Waals surface area contributed by atoms with Crippen LogP contribution in [0.25, 0.3) is 11.3 Å². The number of phenols is 1. The molecule has 5 amide bonds. The van der Waals surface area contributed by atoms with E-state index in [4.69, 9.17) is 5.73 Å². The molecule has 0 bridgehead atoms. The Morgan fingerprint density at radius 3 is 2.27 bits per heavy atom. The molecule has 2 fully saturated rings. The fourth-order valence-corrected chi connectivity index (χ4v) is 7.41. The highest BCUT2D eigenvalue weighted by Gasteiger charge is 2.44. The summed E-state index contributed by atoms with van der Waals surface area (Å²) in [5, 5.41) is 27.2. The van der Waals surface area contributed by atoms with Crippen molar-refractivity contribution in [3.05, 3.63) is 59.7 Å². The molecule has 3 aliphatic heterocycles. The molecule has 3 aromatic rings. The first-order valence-corrected chi connectivity index (χ1v) is 19.4. The van der Waals surface area contributed by atoms with Crippen LogP contribution in [0.4, 0.5) is 17.2 Å². The van der Waals surface area contributed by atoms with Gasteiger partial charge in [-0.1, -0.05) is 50.7 Å². The Morgan fingerprint density at radius 1 is 0.818 bits per heavy atom. The highest BCUT2D eigenvalue weighted by molar-refractivity contribution is 6.23. The van der Waals surface area contributed by atoms with E-state index in [-0.39, 0.29) is 35.6 Å². The number of nitrogens with two attached hydrogens (primary N) is 1. The number of piperazine rings is 1. The second-order valence-electron chi connectivity index (χ2n) is 14.4. The van der Waals surface area contributed by atoms with E-state index in [1.165, 1.54) is 0 Å². The third kappa shape index (κ3) is 9.95.